The first kappa shape index (κ1) is 20.6. The van der Waals surface area contributed by atoms with Crippen molar-refractivity contribution in [2.75, 3.05) is 0 Å². The lowest BCUT2D eigenvalue weighted by Crippen LogP contribution is -2.57. The molecule has 0 unspecified atom stereocenters. The van der Waals surface area contributed by atoms with E-state index in [-0.39, 0.29) is 28.3 Å². The molecule has 0 spiro atoms. The first-order valence-corrected chi connectivity index (χ1v) is 11.6. The molecular weight excluding hydrogens is 304 g/mol. The molecule has 0 aliphatic heterocycles. The molecule has 0 aromatic heterocycles. The standard InChI is InChI=1S/C19H36O3Si/c1-14-12-16(22-23(8,9)17(3,4)5)13-18(6,7)19(14,21)11-10-15(2)20/h10-11,14,16,21H,12-13H2,1-9H3/b11-10+/t14-,16+,19+/m1/s1. The van der Waals surface area contributed by atoms with E-state index in [4.69, 9.17) is 4.43 Å². The molecule has 1 rings (SSSR count). The second-order valence-corrected chi connectivity index (χ2v) is 14.3. The van der Waals surface area contributed by atoms with E-state index < -0.39 is 13.9 Å². The monoisotopic (exact) mass is 340 g/mol. The van der Waals surface area contributed by atoms with Gasteiger partial charge in [0.2, 0.25) is 0 Å². The molecule has 1 saturated carbocycles. The molecule has 134 valence electrons. The Morgan fingerprint density at radius 3 is 2.22 bits per heavy atom. The highest BCUT2D eigenvalue weighted by Crippen LogP contribution is 2.50. The van der Waals surface area contributed by atoms with E-state index in [9.17, 15) is 9.90 Å². The maximum absolute atomic E-state index is 11.3. The van der Waals surface area contributed by atoms with Crippen molar-refractivity contribution in [1.82, 2.24) is 0 Å². The van der Waals surface area contributed by atoms with E-state index in [1.54, 1.807) is 6.08 Å². The Morgan fingerprint density at radius 2 is 1.83 bits per heavy atom. The van der Waals surface area contributed by atoms with Crippen LogP contribution in [0, 0.1) is 11.3 Å². The molecule has 0 aromatic carbocycles. The zero-order chi connectivity index (χ0) is 18.3. The fourth-order valence-corrected chi connectivity index (χ4v) is 4.74. The number of rotatable bonds is 4. The summed E-state index contributed by atoms with van der Waals surface area (Å²) in [6.45, 7) is 19.1. The van der Waals surface area contributed by atoms with Gasteiger partial charge in [-0.3, -0.25) is 4.79 Å². The lowest BCUT2D eigenvalue weighted by molar-refractivity contribution is -0.125. The Hall–Kier alpha value is -0.453. The van der Waals surface area contributed by atoms with Crippen LogP contribution in [0.4, 0.5) is 0 Å². The van der Waals surface area contributed by atoms with Crippen molar-refractivity contribution >= 4 is 14.1 Å². The summed E-state index contributed by atoms with van der Waals surface area (Å²) in [5, 5.41) is 11.4. The van der Waals surface area contributed by atoms with E-state index >= 15 is 0 Å². The first-order chi connectivity index (χ1) is 10.1. The summed E-state index contributed by atoms with van der Waals surface area (Å²) in [6.07, 6.45) is 5.03. The van der Waals surface area contributed by atoms with Crippen LogP contribution in [0.25, 0.3) is 0 Å². The predicted molar refractivity (Wildman–Crippen MR) is 99.0 cm³/mol. The molecule has 1 aliphatic carbocycles. The molecule has 0 aromatic rings. The maximum atomic E-state index is 11.3. The van der Waals surface area contributed by atoms with Gasteiger partial charge in [-0.1, -0.05) is 41.5 Å². The average Bonchev–Trinajstić information content (AvgIpc) is 2.31. The number of hydrogen-bond acceptors (Lipinski definition) is 3. The molecule has 3 nitrogen and oxygen atoms in total. The fraction of sp³-hybridized carbons (Fsp3) is 0.842. The number of carbonyl (C=O) groups is 1. The molecule has 0 radical (unpaired) electrons. The van der Waals surface area contributed by atoms with Gasteiger partial charge in [-0.25, -0.2) is 0 Å². The average molecular weight is 341 g/mol. The van der Waals surface area contributed by atoms with Crippen molar-refractivity contribution in [1.29, 1.82) is 0 Å². The van der Waals surface area contributed by atoms with Gasteiger partial charge in [-0.2, -0.15) is 0 Å². The second kappa shape index (κ2) is 6.45. The normalized spacial score (nSPS) is 32.3. The van der Waals surface area contributed by atoms with Crippen LogP contribution in [0.15, 0.2) is 12.2 Å². The molecule has 0 saturated heterocycles. The topological polar surface area (TPSA) is 46.5 Å². The fourth-order valence-electron chi connectivity index (χ4n) is 3.37. The SMILES string of the molecule is CC(=O)/C=C/[C@]1(O)[C@H](C)C[C@H](O[Si](C)(C)C(C)(C)C)CC1(C)C. The van der Waals surface area contributed by atoms with Crippen molar-refractivity contribution in [3.8, 4) is 0 Å². The minimum atomic E-state index is -1.82. The van der Waals surface area contributed by atoms with E-state index in [0.29, 0.717) is 0 Å². The second-order valence-electron chi connectivity index (χ2n) is 9.49. The molecule has 0 amide bonds. The zero-order valence-electron chi connectivity index (χ0n) is 16.5. The highest BCUT2D eigenvalue weighted by atomic mass is 28.4. The highest BCUT2D eigenvalue weighted by molar-refractivity contribution is 6.74. The summed E-state index contributed by atoms with van der Waals surface area (Å²) >= 11 is 0. The number of allylic oxidation sites excluding steroid dienone is 1. The van der Waals surface area contributed by atoms with Gasteiger partial charge in [-0.15, -0.1) is 0 Å². The Bertz CT molecular complexity index is 473. The molecular formula is C19H36O3Si. The molecule has 23 heavy (non-hydrogen) atoms. The van der Waals surface area contributed by atoms with Gasteiger partial charge in [-0.05, 0) is 61.4 Å². The van der Waals surface area contributed by atoms with E-state index in [1.807, 2.05) is 0 Å². The van der Waals surface area contributed by atoms with Gasteiger partial charge < -0.3 is 9.53 Å². The molecule has 0 bridgehead atoms. The number of aliphatic hydroxyl groups is 1. The number of carbonyl (C=O) groups excluding carboxylic acids is 1. The smallest absolute Gasteiger partial charge is 0.192 e. The van der Waals surface area contributed by atoms with Crippen LogP contribution in [-0.4, -0.2) is 30.9 Å². The molecule has 1 fully saturated rings. The Balaban J connectivity index is 3.00. The summed E-state index contributed by atoms with van der Waals surface area (Å²) in [7, 11) is -1.82. The summed E-state index contributed by atoms with van der Waals surface area (Å²) < 4.78 is 6.60. The number of hydrogen-bond donors (Lipinski definition) is 1. The Kier molecular flexibility index (Phi) is 5.78. The van der Waals surface area contributed by atoms with Gasteiger partial charge in [0.15, 0.2) is 14.1 Å². The summed E-state index contributed by atoms with van der Waals surface area (Å²) in [5.74, 6) is 0.0256. The van der Waals surface area contributed by atoms with Crippen LogP contribution < -0.4 is 0 Å². The van der Waals surface area contributed by atoms with Crippen molar-refractivity contribution in [2.45, 2.75) is 91.1 Å². The molecule has 1 N–H and O–H groups in total. The molecule has 4 heteroatoms. The van der Waals surface area contributed by atoms with E-state index in [1.165, 1.54) is 13.0 Å². The summed E-state index contributed by atoms with van der Waals surface area (Å²) in [4.78, 5) is 11.3. The summed E-state index contributed by atoms with van der Waals surface area (Å²) in [6, 6.07) is 0. The quantitative estimate of drug-likeness (QED) is 0.595. The Morgan fingerprint density at radius 1 is 1.30 bits per heavy atom. The minimum Gasteiger partial charge on any atom is -0.414 e. The molecule has 1 aliphatic rings. The summed E-state index contributed by atoms with van der Waals surface area (Å²) in [5.41, 5.74) is -1.30. The highest BCUT2D eigenvalue weighted by Gasteiger charge is 2.52. The first-order valence-electron chi connectivity index (χ1n) is 8.72. The van der Waals surface area contributed by atoms with Crippen LogP contribution in [0.2, 0.25) is 18.1 Å². The molecule has 0 heterocycles. The third-order valence-electron chi connectivity index (χ3n) is 6.03. The van der Waals surface area contributed by atoms with Crippen molar-refractivity contribution in [2.24, 2.45) is 11.3 Å². The third-order valence-corrected chi connectivity index (χ3v) is 10.6. The van der Waals surface area contributed by atoms with Crippen molar-refractivity contribution in [3.63, 3.8) is 0 Å². The maximum Gasteiger partial charge on any atom is 0.192 e. The van der Waals surface area contributed by atoms with Crippen molar-refractivity contribution in [3.05, 3.63) is 12.2 Å². The van der Waals surface area contributed by atoms with Gasteiger partial charge in [0, 0.05) is 6.10 Å². The van der Waals surface area contributed by atoms with Gasteiger partial charge in [0.25, 0.3) is 0 Å². The lowest BCUT2D eigenvalue weighted by atomic mass is 9.60. The van der Waals surface area contributed by atoms with Gasteiger partial charge in [0.1, 0.15) is 0 Å². The van der Waals surface area contributed by atoms with Crippen LogP contribution >= 0.6 is 0 Å². The Labute approximate surface area is 143 Å². The predicted octanol–water partition coefficient (Wildman–Crippen LogP) is 4.71. The minimum absolute atomic E-state index is 0.0268. The number of ketones is 1. The van der Waals surface area contributed by atoms with Gasteiger partial charge in [0.05, 0.1) is 5.60 Å². The van der Waals surface area contributed by atoms with Crippen molar-refractivity contribution < 1.29 is 14.3 Å². The third kappa shape index (κ3) is 4.34. The van der Waals surface area contributed by atoms with Crippen LogP contribution in [-0.2, 0) is 9.22 Å². The van der Waals surface area contributed by atoms with Crippen LogP contribution in [0.3, 0.4) is 0 Å². The van der Waals surface area contributed by atoms with Crippen LogP contribution in [0.5, 0.6) is 0 Å². The molecule has 3 atom stereocenters. The van der Waals surface area contributed by atoms with Crippen LogP contribution in [0.1, 0.15) is 61.3 Å². The van der Waals surface area contributed by atoms with Gasteiger partial charge >= 0.3 is 0 Å². The zero-order valence-corrected chi connectivity index (χ0v) is 17.5. The van der Waals surface area contributed by atoms with E-state index in [0.717, 1.165) is 12.8 Å². The largest absolute Gasteiger partial charge is 0.414 e. The lowest BCUT2D eigenvalue weighted by Gasteiger charge is -2.53. The van der Waals surface area contributed by atoms with E-state index in [2.05, 4.69) is 54.6 Å².